The molecule has 3 rings (SSSR count). The van der Waals surface area contributed by atoms with E-state index in [-0.39, 0.29) is 19.1 Å². The van der Waals surface area contributed by atoms with Crippen molar-refractivity contribution in [1.29, 1.82) is 0 Å². The average Bonchev–Trinajstić information content (AvgIpc) is 3.18. The van der Waals surface area contributed by atoms with E-state index in [1.807, 2.05) is 30.3 Å². The zero-order valence-corrected chi connectivity index (χ0v) is 16.3. The zero-order chi connectivity index (χ0) is 19.9. The highest BCUT2D eigenvalue weighted by Gasteiger charge is 2.30. The molecule has 0 spiro atoms. The zero-order valence-electron chi connectivity index (χ0n) is 16.3. The summed E-state index contributed by atoms with van der Waals surface area (Å²) in [7, 11) is 3.15. The van der Waals surface area contributed by atoms with Crippen molar-refractivity contribution in [2.45, 2.75) is 26.2 Å². The quantitative estimate of drug-likeness (QED) is 0.559. The monoisotopic (exact) mass is 384 g/mol. The van der Waals surface area contributed by atoms with Gasteiger partial charge in [-0.3, -0.25) is 4.79 Å². The Morgan fingerprint density at radius 1 is 1.14 bits per heavy atom. The highest BCUT2D eigenvalue weighted by Crippen LogP contribution is 2.51. The smallest absolute Gasteiger partial charge is 0.244 e. The standard InChI is InChI=1S/C21H24N2O5/c1-4-8-15-16(12-22-23-17(24)11-14-9-6-5-7-10-14)19(26-3)21-20(18(15)25-2)27-13-28-21/h5-7,9-10,12H,4,8,11,13H2,1-3H3,(H,23,24)/b22-12-. The summed E-state index contributed by atoms with van der Waals surface area (Å²) in [4.78, 5) is 12.2. The molecule has 1 N–H and O–H groups in total. The van der Waals surface area contributed by atoms with Crippen LogP contribution in [0.15, 0.2) is 35.4 Å². The summed E-state index contributed by atoms with van der Waals surface area (Å²) in [5.41, 5.74) is 5.08. The van der Waals surface area contributed by atoms with Crippen LogP contribution in [0, 0.1) is 0 Å². The Balaban J connectivity index is 1.87. The van der Waals surface area contributed by atoms with E-state index in [1.54, 1.807) is 20.4 Å². The summed E-state index contributed by atoms with van der Waals surface area (Å²) in [6, 6.07) is 9.50. The SMILES string of the molecule is CCCc1c(/C=N\NC(=O)Cc2ccccc2)c(OC)c2c(c1OC)OCO2. The minimum atomic E-state index is -0.203. The molecule has 7 heteroatoms. The molecular weight excluding hydrogens is 360 g/mol. The van der Waals surface area contributed by atoms with Crippen LogP contribution in [-0.2, 0) is 17.6 Å². The lowest BCUT2D eigenvalue weighted by Crippen LogP contribution is -2.20. The van der Waals surface area contributed by atoms with E-state index in [9.17, 15) is 4.79 Å². The largest absolute Gasteiger partial charge is 0.492 e. The lowest BCUT2D eigenvalue weighted by molar-refractivity contribution is -0.120. The Bertz CT molecular complexity index is 865. The number of nitrogens with one attached hydrogen (secondary N) is 1. The molecule has 2 aromatic carbocycles. The number of nitrogens with zero attached hydrogens (tertiary/aromatic N) is 1. The van der Waals surface area contributed by atoms with Gasteiger partial charge in [-0.05, 0) is 12.0 Å². The summed E-state index contributed by atoms with van der Waals surface area (Å²) in [6.07, 6.45) is 3.44. The van der Waals surface area contributed by atoms with Gasteiger partial charge in [0.05, 0.1) is 26.9 Å². The molecule has 1 heterocycles. The van der Waals surface area contributed by atoms with Crippen molar-refractivity contribution < 1.29 is 23.7 Å². The number of carbonyl (C=O) groups is 1. The topological polar surface area (TPSA) is 78.4 Å². The molecule has 0 bridgehead atoms. The van der Waals surface area contributed by atoms with Gasteiger partial charge in [0.2, 0.25) is 24.2 Å². The van der Waals surface area contributed by atoms with E-state index in [0.717, 1.165) is 24.0 Å². The molecule has 0 aliphatic carbocycles. The predicted octanol–water partition coefficient (Wildman–Crippen LogP) is 3.08. The van der Waals surface area contributed by atoms with Gasteiger partial charge in [0, 0.05) is 11.1 Å². The molecule has 0 atom stereocenters. The van der Waals surface area contributed by atoms with Gasteiger partial charge in [-0.15, -0.1) is 0 Å². The van der Waals surface area contributed by atoms with Gasteiger partial charge in [-0.1, -0.05) is 43.7 Å². The van der Waals surface area contributed by atoms with Crippen LogP contribution in [-0.4, -0.2) is 33.1 Å². The first kappa shape index (κ1) is 19.5. The number of carbonyl (C=O) groups excluding carboxylic acids is 1. The highest BCUT2D eigenvalue weighted by atomic mass is 16.7. The van der Waals surface area contributed by atoms with Crippen LogP contribution in [0.25, 0.3) is 0 Å². The fraction of sp³-hybridized carbons (Fsp3) is 0.333. The average molecular weight is 384 g/mol. The molecule has 0 fully saturated rings. The van der Waals surface area contributed by atoms with Gasteiger partial charge in [-0.2, -0.15) is 5.10 Å². The van der Waals surface area contributed by atoms with E-state index < -0.39 is 0 Å². The van der Waals surface area contributed by atoms with E-state index >= 15 is 0 Å². The molecular formula is C21H24N2O5. The van der Waals surface area contributed by atoms with Crippen LogP contribution < -0.4 is 24.4 Å². The maximum absolute atomic E-state index is 12.2. The molecule has 1 aliphatic rings. The number of hydrogen-bond donors (Lipinski definition) is 1. The van der Waals surface area contributed by atoms with Gasteiger partial charge >= 0.3 is 0 Å². The molecule has 2 aromatic rings. The molecule has 0 saturated heterocycles. The van der Waals surface area contributed by atoms with E-state index in [4.69, 9.17) is 18.9 Å². The van der Waals surface area contributed by atoms with Crippen LogP contribution in [0.3, 0.4) is 0 Å². The fourth-order valence-electron chi connectivity index (χ4n) is 3.18. The van der Waals surface area contributed by atoms with Crippen molar-refractivity contribution in [3.05, 3.63) is 47.0 Å². The van der Waals surface area contributed by atoms with Crippen LogP contribution in [0.2, 0.25) is 0 Å². The van der Waals surface area contributed by atoms with E-state index in [0.29, 0.717) is 28.6 Å². The Hall–Kier alpha value is -3.22. The number of hydrogen-bond acceptors (Lipinski definition) is 6. The molecule has 148 valence electrons. The molecule has 28 heavy (non-hydrogen) atoms. The van der Waals surface area contributed by atoms with Crippen LogP contribution in [0.1, 0.15) is 30.0 Å². The fourth-order valence-corrected chi connectivity index (χ4v) is 3.18. The Kier molecular flexibility index (Phi) is 6.37. The van der Waals surface area contributed by atoms with Crippen molar-refractivity contribution in [3.63, 3.8) is 0 Å². The third kappa shape index (κ3) is 4.03. The van der Waals surface area contributed by atoms with Crippen molar-refractivity contribution >= 4 is 12.1 Å². The minimum absolute atomic E-state index is 0.0992. The summed E-state index contributed by atoms with van der Waals surface area (Å²) >= 11 is 0. The summed E-state index contributed by atoms with van der Waals surface area (Å²) in [5.74, 6) is 1.93. The van der Waals surface area contributed by atoms with E-state index in [1.165, 1.54) is 0 Å². The van der Waals surface area contributed by atoms with Crippen LogP contribution >= 0.6 is 0 Å². The third-order valence-electron chi connectivity index (χ3n) is 4.37. The number of fused-ring (bicyclic) bond motifs is 1. The second-order valence-corrected chi connectivity index (χ2v) is 6.23. The Morgan fingerprint density at radius 2 is 1.82 bits per heavy atom. The normalized spacial score (nSPS) is 12.2. The van der Waals surface area contributed by atoms with Gasteiger partial charge in [-0.25, -0.2) is 5.43 Å². The third-order valence-corrected chi connectivity index (χ3v) is 4.37. The maximum atomic E-state index is 12.2. The summed E-state index contributed by atoms with van der Waals surface area (Å²) < 4.78 is 22.3. The number of benzene rings is 2. The van der Waals surface area contributed by atoms with Gasteiger partial charge in [0.1, 0.15) is 0 Å². The number of hydrazone groups is 1. The molecule has 0 saturated carbocycles. The van der Waals surface area contributed by atoms with Gasteiger partial charge in [0.25, 0.3) is 0 Å². The Morgan fingerprint density at radius 3 is 2.46 bits per heavy atom. The summed E-state index contributed by atoms with van der Waals surface area (Å²) in [6.45, 7) is 2.17. The number of methoxy groups -OCH3 is 2. The highest BCUT2D eigenvalue weighted by molar-refractivity contribution is 5.91. The van der Waals surface area contributed by atoms with Gasteiger partial charge in [0.15, 0.2) is 11.5 Å². The van der Waals surface area contributed by atoms with Crippen LogP contribution in [0.5, 0.6) is 23.0 Å². The molecule has 0 unspecified atom stereocenters. The number of amides is 1. The summed E-state index contributed by atoms with van der Waals surface area (Å²) in [5, 5.41) is 4.13. The van der Waals surface area contributed by atoms with E-state index in [2.05, 4.69) is 17.5 Å². The first-order chi connectivity index (χ1) is 13.7. The number of ether oxygens (including phenoxy) is 4. The lowest BCUT2D eigenvalue weighted by atomic mass is 10.00. The molecule has 0 radical (unpaired) electrons. The first-order valence-electron chi connectivity index (χ1n) is 9.11. The number of rotatable bonds is 8. The van der Waals surface area contributed by atoms with Gasteiger partial charge < -0.3 is 18.9 Å². The van der Waals surface area contributed by atoms with Crippen molar-refractivity contribution in [3.8, 4) is 23.0 Å². The molecule has 0 aromatic heterocycles. The second-order valence-electron chi connectivity index (χ2n) is 6.23. The molecule has 1 aliphatic heterocycles. The lowest BCUT2D eigenvalue weighted by Gasteiger charge is -2.17. The Labute approximate surface area is 164 Å². The van der Waals surface area contributed by atoms with Crippen molar-refractivity contribution in [1.82, 2.24) is 5.43 Å². The van der Waals surface area contributed by atoms with Crippen molar-refractivity contribution in [2.24, 2.45) is 5.10 Å². The predicted molar refractivity (Wildman–Crippen MR) is 106 cm³/mol. The van der Waals surface area contributed by atoms with Crippen LogP contribution in [0.4, 0.5) is 0 Å². The first-order valence-corrected chi connectivity index (χ1v) is 9.11. The molecule has 7 nitrogen and oxygen atoms in total. The van der Waals surface area contributed by atoms with Crippen molar-refractivity contribution in [2.75, 3.05) is 21.0 Å². The second kappa shape index (κ2) is 9.12. The minimum Gasteiger partial charge on any atom is -0.492 e. The maximum Gasteiger partial charge on any atom is 0.244 e. The molecule has 1 amide bonds.